The Morgan fingerprint density at radius 3 is 2.33 bits per heavy atom. The van der Waals surface area contributed by atoms with E-state index >= 15 is 0 Å². The van der Waals surface area contributed by atoms with E-state index in [9.17, 15) is 4.79 Å². The molecule has 0 aliphatic rings. The third-order valence-electron chi connectivity index (χ3n) is 3.90. The third kappa shape index (κ3) is 5.05. The Hall–Kier alpha value is -1.55. The van der Waals surface area contributed by atoms with Crippen LogP contribution in [0.1, 0.15) is 37.8 Å². The molecule has 4 heteroatoms. The van der Waals surface area contributed by atoms with Gasteiger partial charge in [-0.2, -0.15) is 0 Å². The normalized spacial score (nSPS) is 13.8. The number of primary amides is 1. The third-order valence-corrected chi connectivity index (χ3v) is 3.90. The quantitative estimate of drug-likeness (QED) is 0.773. The molecular formula is C17H29N3O. The number of amides is 1. The molecule has 0 aliphatic carbocycles. The Morgan fingerprint density at radius 1 is 1.29 bits per heavy atom. The molecule has 0 saturated carbocycles. The predicted molar refractivity (Wildman–Crippen MR) is 89.7 cm³/mol. The zero-order valence-electron chi connectivity index (χ0n) is 14.0. The SMILES string of the molecule is CCCNC(C)(CCN(C)c1cc(C)cc(C)c1)C(N)=O. The van der Waals surface area contributed by atoms with Gasteiger partial charge in [-0.05, 0) is 63.4 Å². The molecule has 0 radical (unpaired) electrons. The van der Waals surface area contributed by atoms with Gasteiger partial charge in [0.25, 0.3) is 0 Å². The molecule has 21 heavy (non-hydrogen) atoms. The Bertz CT molecular complexity index is 467. The molecule has 1 atom stereocenters. The van der Waals surface area contributed by atoms with Crippen LogP contribution in [0.4, 0.5) is 5.69 Å². The number of carbonyl (C=O) groups excluding carboxylic acids is 1. The number of anilines is 1. The molecule has 0 aromatic heterocycles. The number of benzene rings is 1. The van der Waals surface area contributed by atoms with Crippen molar-refractivity contribution in [3.05, 3.63) is 29.3 Å². The topological polar surface area (TPSA) is 58.4 Å². The van der Waals surface area contributed by atoms with Crippen LogP contribution in [0.5, 0.6) is 0 Å². The zero-order chi connectivity index (χ0) is 16.0. The molecule has 1 amide bonds. The highest BCUT2D eigenvalue weighted by atomic mass is 16.1. The maximum atomic E-state index is 11.7. The number of carbonyl (C=O) groups is 1. The number of nitrogens with two attached hydrogens (primary N) is 1. The summed E-state index contributed by atoms with van der Waals surface area (Å²) in [5.74, 6) is -0.287. The summed E-state index contributed by atoms with van der Waals surface area (Å²) in [5.41, 5.74) is 8.59. The van der Waals surface area contributed by atoms with Gasteiger partial charge in [0.1, 0.15) is 0 Å². The fraction of sp³-hybridized carbons (Fsp3) is 0.588. The zero-order valence-corrected chi connectivity index (χ0v) is 14.0. The first kappa shape index (κ1) is 17.5. The number of nitrogens with zero attached hydrogens (tertiary/aromatic N) is 1. The number of hydrogen-bond acceptors (Lipinski definition) is 3. The van der Waals surface area contributed by atoms with Crippen LogP contribution >= 0.6 is 0 Å². The second-order valence-corrected chi connectivity index (χ2v) is 6.14. The molecule has 0 spiro atoms. The van der Waals surface area contributed by atoms with Crippen molar-refractivity contribution in [1.29, 1.82) is 0 Å². The Morgan fingerprint density at radius 2 is 1.86 bits per heavy atom. The summed E-state index contributed by atoms with van der Waals surface area (Å²) in [5, 5.41) is 3.27. The number of aryl methyl sites for hydroxylation is 2. The van der Waals surface area contributed by atoms with Gasteiger partial charge in [0.2, 0.25) is 5.91 Å². The van der Waals surface area contributed by atoms with Crippen LogP contribution in [-0.2, 0) is 4.79 Å². The lowest BCUT2D eigenvalue weighted by Crippen LogP contribution is -2.54. The second-order valence-electron chi connectivity index (χ2n) is 6.14. The molecule has 3 N–H and O–H groups in total. The largest absolute Gasteiger partial charge is 0.374 e. The smallest absolute Gasteiger partial charge is 0.237 e. The molecule has 1 unspecified atom stereocenters. The van der Waals surface area contributed by atoms with Gasteiger partial charge in [0.15, 0.2) is 0 Å². The first-order chi connectivity index (χ1) is 9.78. The molecule has 4 nitrogen and oxygen atoms in total. The number of nitrogens with one attached hydrogen (secondary N) is 1. The van der Waals surface area contributed by atoms with E-state index in [1.165, 1.54) is 16.8 Å². The standard InChI is InChI=1S/C17H29N3O/c1-6-8-19-17(4,16(18)21)7-9-20(5)15-11-13(2)10-14(3)12-15/h10-12,19H,6-9H2,1-5H3,(H2,18,21). The maximum Gasteiger partial charge on any atom is 0.237 e. The highest BCUT2D eigenvalue weighted by molar-refractivity contribution is 5.84. The minimum absolute atomic E-state index is 0.287. The van der Waals surface area contributed by atoms with Crippen LogP contribution in [0, 0.1) is 13.8 Å². The van der Waals surface area contributed by atoms with Crippen molar-refractivity contribution in [2.45, 2.75) is 46.1 Å². The summed E-state index contributed by atoms with van der Waals surface area (Å²) in [6.07, 6.45) is 1.67. The lowest BCUT2D eigenvalue weighted by Gasteiger charge is -2.30. The van der Waals surface area contributed by atoms with Crippen LogP contribution in [0.3, 0.4) is 0 Å². The van der Waals surface area contributed by atoms with Crippen molar-refractivity contribution in [2.75, 3.05) is 25.0 Å². The van der Waals surface area contributed by atoms with Crippen molar-refractivity contribution in [1.82, 2.24) is 5.32 Å². The van der Waals surface area contributed by atoms with Crippen molar-refractivity contribution in [2.24, 2.45) is 5.73 Å². The Balaban J connectivity index is 2.73. The van der Waals surface area contributed by atoms with Crippen molar-refractivity contribution in [3.8, 4) is 0 Å². The van der Waals surface area contributed by atoms with Crippen LogP contribution in [-0.4, -0.2) is 31.6 Å². The molecule has 0 fully saturated rings. The second kappa shape index (κ2) is 7.46. The van der Waals surface area contributed by atoms with E-state index in [4.69, 9.17) is 5.73 Å². The lowest BCUT2D eigenvalue weighted by atomic mass is 9.96. The molecule has 1 aromatic carbocycles. The molecule has 0 aliphatic heterocycles. The van der Waals surface area contributed by atoms with Gasteiger partial charge in [-0.25, -0.2) is 0 Å². The predicted octanol–water partition coefficient (Wildman–Crippen LogP) is 2.37. The molecule has 0 heterocycles. The van der Waals surface area contributed by atoms with E-state index in [2.05, 4.69) is 56.2 Å². The van der Waals surface area contributed by atoms with Crippen molar-refractivity contribution < 1.29 is 4.79 Å². The summed E-state index contributed by atoms with van der Waals surface area (Å²) in [6.45, 7) is 9.74. The molecule has 1 aromatic rings. The highest BCUT2D eigenvalue weighted by Gasteiger charge is 2.30. The van der Waals surface area contributed by atoms with Gasteiger partial charge in [-0.1, -0.05) is 13.0 Å². The van der Waals surface area contributed by atoms with Gasteiger partial charge in [-0.15, -0.1) is 0 Å². The fourth-order valence-electron chi connectivity index (χ4n) is 2.39. The monoisotopic (exact) mass is 291 g/mol. The highest BCUT2D eigenvalue weighted by Crippen LogP contribution is 2.19. The fourth-order valence-corrected chi connectivity index (χ4v) is 2.39. The average Bonchev–Trinajstić information content (AvgIpc) is 2.41. The van der Waals surface area contributed by atoms with E-state index in [0.717, 1.165) is 19.5 Å². The van der Waals surface area contributed by atoms with Gasteiger partial charge < -0.3 is 16.0 Å². The minimum Gasteiger partial charge on any atom is -0.374 e. The van der Waals surface area contributed by atoms with E-state index in [-0.39, 0.29) is 5.91 Å². The van der Waals surface area contributed by atoms with E-state index < -0.39 is 5.54 Å². The summed E-state index contributed by atoms with van der Waals surface area (Å²) in [4.78, 5) is 13.9. The van der Waals surface area contributed by atoms with Crippen LogP contribution in [0.15, 0.2) is 18.2 Å². The van der Waals surface area contributed by atoms with Crippen LogP contribution in [0.2, 0.25) is 0 Å². The average molecular weight is 291 g/mol. The van der Waals surface area contributed by atoms with Crippen molar-refractivity contribution >= 4 is 11.6 Å². The van der Waals surface area contributed by atoms with Gasteiger partial charge in [0, 0.05) is 19.3 Å². The van der Waals surface area contributed by atoms with Gasteiger partial charge in [0.05, 0.1) is 5.54 Å². The van der Waals surface area contributed by atoms with Crippen LogP contribution in [0.25, 0.3) is 0 Å². The molecule has 0 bridgehead atoms. The van der Waals surface area contributed by atoms with Gasteiger partial charge in [-0.3, -0.25) is 4.79 Å². The Labute approximate surface area is 128 Å². The summed E-state index contributed by atoms with van der Waals surface area (Å²) in [7, 11) is 2.05. The molecule has 1 rings (SSSR count). The summed E-state index contributed by atoms with van der Waals surface area (Å²) < 4.78 is 0. The molecule has 118 valence electrons. The summed E-state index contributed by atoms with van der Waals surface area (Å²) >= 11 is 0. The molecular weight excluding hydrogens is 262 g/mol. The first-order valence-corrected chi connectivity index (χ1v) is 7.63. The van der Waals surface area contributed by atoms with Gasteiger partial charge >= 0.3 is 0 Å². The summed E-state index contributed by atoms with van der Waals surface area (Å²) in [6, 6.07) is 6.48. The molecule has 0 saturated heterocycles. The maximum absolute atomic E-state index is 11.7. The van der Waals surface area contributed by atoms with Crippen LogP contribution < -0.4 is 16.0 Å². The van der Waals surface area contributed by atoms with E-state index in [1.807, 2.05) is 6.92 Å². The first-order valence-electron chi connectivity index (χ1n) is 7.63. The number of hydrogen-bond donors (Lipinski definition) is 2. The van der Waals surface area contributed by atoms with E-state index in [0.29, 0.717) is 6.42 Å². The van der Waals surface area contributed by atoms with Crippen molar-refractivity contribution in [3.63, 3.8) is 0 Å². The Kier molecular flexibility index (Phi) is 6.21. The number of rotatable bonds is 8. The minimum atomic E-state index is -0.650. The van der Waals surface area contributed by atoms with E-state index in [1.54, 1.807) is 0 Å². The lowest BCUT2D eigenvalue weighted by molar-refractivity contribution is -0.124.